The molecule has 0 aromatic carbocycles. The number of ether oxygens (including phenoxy) is 5. The summed E-state index contributed by atoms with van der Waals surface area (Å²) in [6.45, 7) is 4.32. The van der Waals surface area contributed by atoms with Crippen LogP contribution in [0.3, 0.4) is 0 Å². The lowest BCUT2D eigenvalue weighted by molar-refractivity contribution is -0.202. The Bertz CT molecular complexity index is 255. The van der Waals surface area contributed by atoms with Crippen molar-refractivity contribution in [1.29, 1.82) is 0 Å². The van der Waals surface area contributed by atoms with E-state index >= 15 is 0 Å². The molecule has 0 unspecified atom stereocenters. The smallest absolute Gasteiger partial charge is 0.347 e. The standard InChI is InChI=1S/C11H18O7/c1-3-16-10(12)9(11(13)17-4-2)18-8-5-14-7-15-6-8/h8-9H,3-7H2,1-2H3. The highest BCUT2D eigenvalue weighted by atomic mass is 16.7. The fraction of sp³-hybridized carbons (Fsp3) is 0.818. The first-order valence-electron chi connectivity index (χ1n) is 5.83. The molecular formula is C11H18O7. The second-order valence-corrected chi connectivity index (χ2v) is 3.50. The number of rotatable bonds is 6. The van der Waals surface area contributed by atoms with E-state index in [1.165, 1.54) is 0 Å². The lowest BCUT2D eigenvalue weighted by atomic mass is 10.3. The summed E-state index contributed by atoms with van der Waals surface area (Å²) in [6, 6.07) is 0. The van der Waals surface area contributed by atoms with E-state index in [-0.39, 0.29) is 33.2 Å². The van der Waals surface area contributed by atoms with Crippen LogP contribution in [-0.4, -0.2) is 57.4 Å². The molecule has 1 rings (SSSR count). The van der Waals surface area contributed by atoms with Crippen molar-refractivity contribution in [3.05, 3.63) is 0 Å². The van der Waals surface area contributed by atoms with E-state index in [9.17, 15) is 9.59 Å². The second-order valence-electron chi connectivity index (χ2n) is 3.50. The number of hydrogen-bond acceptors (Lipinski definition) is 7. The van der Waals surface area contributed by atoms with Crippen molar-refractivity contribution in [3.8, 4) is 0 Å². The van der Waals surface area contributed by atoms with Crippen LogP contribution in [-0.2, 0) is 33.3 Å². The van der Waals surface area contributed by atoms with Crippen molar-refractivity contribution in [2.75, 3.05) is 33.2 Å². The first-order valence-corrected chi connectivity index (χ1v) is 5.83. The van der Waals surface area contributed by atoms with Crippen molar-refractivity contribution in [2.45, 2.75) is 26.1 Å². The Morgan fingerprint density at radius 1 is 1.11 bits per heavy atom. The molecule has 1 heterocycles. The van der Waals surface area contributed by atoms with Gasteiger partial charge < -0.3 is 23.7 Å². The number of hydrogen-bond donors (Lipinski definition) is 0. The van der Waals surface area contributed by atoms with Crippen molar-refractivity contribution in [3.63, 3.8) is 0 Å². The van der Waals surface area contributed by atoms with Crippen LogP contribution in [0.25, 0.3) is 0 Å². The lowest BCUT2D eigenvalue weighted by Crippen LogP contribution is -2.43. The van der Waals surface area contributed by atoms with Gasteiger partial charge in [-0.05, 0) is 13.8 Å². The first kappa shape index (κ1) is 14.9. The molecule has 7 nitrogen and oxygen atoms in total. The van der Waals surface area contributed by atoms with Crippen molar-refractivity contribution >= 4 is 11.9 Å². The van der Waals surface area contributed by atoms with Gasteiger partial charge >= 0.3 is 11.9 Å². The monoisotopic (exact) mass is 262 g/mol. The largest absolute Gasteiger partial charge is 0.464 e. The summed E-state index contributed by atoms with van der Waals surface area (Å²) in [6.07, 6.45) is -1.88. The van der Waals surface area contributed by atoms with E-state index in [1.807, 2.05) is 0 Å². The van der Waals surface area contributed by atoms with Crippen molar-refractivity contribution < 1.29 is 33.3 Å². The summed E-state index contributed by atoms with van der Waals surface area (Å²) >= 11 is 0. The minimum Gasteiger partial charge on any atom is -0.464 e. The molecule has 0 aliphatic carbocycles. The Balaban J connectivity index is 2.57. The molecule has 1 aliphatic rings. The quantitative estimate of drug-likeness (QED) is 0.487. The van der Waals surface area contributed by atoms with Crippen LogP contribution in [0, 0.1) is 0 Å². The van der Waals surface area contributed by atoms with Crippen molar-refractivity contribution in [2.24, 2.45) is 0 Å². The number of esters is 2. The first-order chi connectivity index (χ1) is 8.69. The fourth-order valence-corrected chi connectivity index (χ4v) is 1.38. The van der Waals surface area contributed by atoms with Gasteiger partial charge in [-0.1, -0.05) is 0 Å². The molecule has 0 aromatic heterocycles. The maximum atomic E-state index is 11.6. The summed E-state index contributed by atoms with van der Waals surface area (Å²) in [4.78, 5) is 23.2. The van der Waals surface area contributed by atoms with E-state index in [0.717, 1.165) is 0 Å². The van der Waals surface area contributed by atoms with E-state index < -0.39 is 24.1 Å². The molecule has 0 amide bonds. The van der Waals surface area contributed by atoms with E-state index in [2.05, 4.69) is 0 Å². The normalized spacial score (nSPS) is 16.6. The lowest BCUT2D eigenvalue weighted by Gasteiger charge is -2.25. The fourth-order valence-electron chi connectivity index (χ4n) is 1.38. The van der Waals surface area contributed by atoms with Crippen LogP contribution < -0.4 is 0 Å². The third kappa shape index (κ3) is 4.59. The SMILES string of the molecule is CCOC(=O)C(OC1COCOC1)C(=O)OCC. The number of carbonyl (C=O) groups is 2. The topological polar surface area (TPSA) is 80.3 Å². The van der Waals surface area contributed by atoms with Crippen LogP contribution in [0.2, 0.25) is 0 Å². The molecule has 1 aliphatic heterocycles. The molecule has 0 spiro atoms. The Labute approximate surface area is 105 Å². The van der Waals surface area contributed by atoms with Gasteiger partial charge in [0.1, 0.15) is 12.9 Å². The zero-order valence-electron chi connectivity index (χ0n) is 10.5. The van der Waals surface area contributed by atoms with Gasteiger partial charge in [-0.3, -0.25) is 0 Å². The Kier molecular flexibility index (Phi) is 6.63. The van der Waals surface area contributed by atoms with E-state index in [1.54, 1.807) is 13.8 Å². The van der Waals surface area contributed by atoms with Gasteiger partial charge in [-0.2, -0.15) is 0 Å². The molecule has 0 N–H and O–H groups in total. The van der Waals surface area contributed by atoms with Crippen LogP contribution in [0.5, 0.6) is 0 Å². The summed E-state index contributed by atoms with van der Waals surface area (Å²) < 4.78 is 24.9. The predicted octanol–water partition coefficient (Wildman–Crippen LogP) is -0.129. The maximum Gasteiger partial charge on any atom is 0.347 e. The average molecular weight is 262 g/mol. The molecule has 1 saturated heterocycles. The molecule has 104 valence electrons. The summed E-state index contributed by atoms with van der Waals surface area (Å²) in [5.41, 5.74) is 0. The van der Waals surface area contributed by atoms with Gasteiger partial charge in [0, 0.05) is 0 Å². The highest BCUT2D eigenvalue weighted by Gasteiger charge is 2.34. The molecule has 7 heteroatoms. The Hall–Kier alpha value is -1.18. The van der Waals surface area contributed by atoms with Crippen molar-refractivity contribution in [1.82, 2.24) is 0 Å². The molecule has 1 fully saturated rings. The highest BCUT2D eigenvalue weighted by molar-refractivity contribution is 5.98. The molecule has 0 radical (unpaired) electrons. The Morgan fingerprint density at radius 3 is 2.06 bits per heavy atom. The summed E-state index contributed by atoms with van der Waals surface area (Å²) in [5, 5.41) is 0. The Morgan fingerprint density at radius 2 is 1.61 bits per heavy atom. The average Bonchev–Trinajstić information content (AvgIpc) is 2.37. The van der Waals surface area contributed by atoms with E-state index in [0.29, 0.717) is 0 Å². The highest BCUT2D eigenvalue weighted by Crippen LogP contribution is 2.08. The molecular weight excluding hydrogens is 244 g/mol. The third-order valence-corrected chi connectivity index (χ3v) is 2.10. The van der Waals surface area contributed by atoms with Gasteiger partial charge in [0.15, 0.2) is 0 Å². The predicted molar refractivity (Wildman–Crippen MR) is 58.7 cm³/mol. The molecule has 18 heavy (non-hydrogen) atoms. The van der Waals surface area contributed by atoms with Gasteiger partial charge in [-0.25, -0.2) is 9.59 Å². The summed E-state index contributed by atoms with van der Waals surface area (Å²) in [5.74, 6) is -1.52. The minimum atomic E-state index is -1.39. The van der Waals surface area contributed by atoms with Gasteiger partial charge in [0.25, 0.3) is 6.10 Å². The minimum absolute atomic E-state index is 0.162. The zero-order chi connectivity index (χ0) is 13.4. The second kappa shape index (κ2) is 8.02. The van der Waals surface area contributed by atoms with Gasteiger partial charge in [-0.15, -0.1) is 0 Å². The van der Waals surface area contributed by atoms with Crippen LogP contribution in [0.1, 0.15) is 13.8 Å². The third-order valence-electron chi connectivity index (χ3n) is 2.10. The van der Waals surface area contributed by atoms with Crippen LogP contribution in [0.4, 0.5) is 0 Å². The maximum absolute atomic E-state index is 11.6. The molecule has 0 saturated carbocycles. The van der Waals surface area contributed by atoms with E-state index in [4.69, 9.17) is 23.7 Å². The molecule has 0 aromatic rings. The van der Waals surface area contributed by atoms with Gasteiger partial charge in [0.2, 0.25) is 0 Å². The number of carbonyl (C=O) groups excluding carboxylic acids is 2. The summed E-state index contributed by atoms with van der Waals surface area (Å²) in [7, 11) is 0. The molecule has 0 atom stereocenters. The zero-order valence-corrected chi connectivity index (χ0v) is 10.5. The van der Waals surface area contributed by atoms with Crippen LogP contribution >= 0.6 is 0 Å². The van der Waals surface area contributed by atoms with Crippen LogP contribution in [0.15, 0.2) is 0 Å². The van der Waals surface area contributed by atoms with Gasteiger partial charge in [0.05, 0.1) is 26.4 Å². The molecule has 0 bridgehead atoms.